The number of amides is 4. The lowest BCUT2D eigenvalue weighted by atomic mass is 9.91. The third kappa shape index (κ3) is 10.1. The highest BCUT2D eigenvalue weighted by Gasteiger charge is 2.43. The molecule has 208 valence electrons. The maximum absolute atomic E-state index is 14.2. The summed E-state index contributed by atoms with van der Waals surface area (Å²) < 4.78 is 5.37. The van der Waals surface area contributed by atoms with Gasteiger partial charge in [-0.1, -0.05) is 38.1 Å². The fraction of sp³-hybridized carbons (Fsp3) is 0.643. The Bertz CT molecular complexity index is 935. The van der Waals surface area contributed by atoms with Gasteiger partial charge in [-0.15, -0.1) is 0 Å². The van der Waals surface area contributed by atoms with Gasteiger partial charge in [0.1, 0.15) is 17.7 Å². The van der Waals surface area contributed by atoms with E-state index in [9.17, 15) is 19.2 Å². The van der Waals surface area contributed by atoms with Crippen molar-refractivity contribution >= 4 is 23.8 Å². The van der Waals surface area contributed by atoms with Gasteiger partial charge < -0.3 is 26.0 Å². The lowest BCUT2D eigenvalue weighted by Gasteiger charge is -2.44. The standard InChI is InChI=1S/C28H46N4O5/c1-10-19-12-14-20(15-13-19)23(24(34)30-18(3)4)32(28(8,9)11-2)25(35)21(16-17-22(29)33)31-26(36)37-27(5,6)7/h12-15,18,21,23H,10-11,16-17H2,1-9H3,(H2,29,33)(H,30,34)(H,31,36). The third-order valence-electron chi connectivity index (χ3n) is 6.06. The van der Waals surface area contributed by atoms with E-state index in [1.54, 1.807) is 20.8 Å². The molecule has 9 heteroatoms. The van der Waals surface area contributed by atoms with Gasteiger partial charge in [-0.25, -0.2) is 4.79 Å². The maximum atomic E-state index is 14.2. The van der Waals surface area contributed by atoms with E-state index in [1.807, 2.05) is 65.8 Å². The zero-order valence-corrected chi connectivity index (χ0v) is 23.9. The SMILES string of the molecule is CCc1ccc(C(C(=O)NC(C)C)N(C(=O)C(CCC(N)=O)NC(=O)OC(C)(C)C)C(C)(C)CC)cc1. The van der Waals surface area contributed by atoms with Gasteiger partial charge in [0.05, 0.1) is 0 Å². The minimum atomic E-state index is -1.13. The van der Waals surface area contributed by atoms with Crippen molar-refractivity contribution in [2.45, 2.75) is 117 Å². The van der Waals surface area contributed by atoms with Crippen LogP contribution in [-0.4, -0.2) is 51.9 Å². The first-order valence-corrected chi connectivity index (χ1v) is 13.0. The van der Waals surface area contributed by atoms with Crippen LogP contribution in [0.5, 0.6) is 0 Å². The Kier molecular flexibility index (Phi) is 11.6. The second-order valence-corrected chi connectivity index (χ2v) is 11.2. The van der Waals surface area contributed by atoms with Crippen molar-refractivity contribution in [2.24, 2.45) is 5.73 Å². The molecule has 0 aliphatic rings. The van der Waals surface area contributed by atoms with Crippen molar-refractivity contribution in [1.82, 2.24) is 15.5 Å². The molecule has 0 radical (unpaired) electrons. The predicted molar refractivity (Wildman–Crippen MR) is 145 cm³/mol. The molecule has 0 spiro atoms. The summed E-state index contributed by atoms with van der Waals surface area (Å²) in [6, 6.07) is 5.35. The highest BCUT2D eigenvalue weighted by atomic mass is 16.6. The van der Waals surface area contributed by atoms with Crippen molar-refractivity contribution in [1.29, 1.82) is 0 Å². The van der Waals surface area contributed by atoms with Crippen molar-refractivity contribution in [3.8, 4) is 0 Å². The number of rotatable bonds is 12. The summed E-state index contributed by atoms with van der Waals surface area (Å²) in [5, 5.41) is 5.56. The van der Waals surface area contributed by atoms with E-state index < -0.39 is 41.1 Å². The maximum Gasteiger partial charge on any atom is 0.408 e. The molecule has 0 aromatic heterocycles. The lowest BCUT2D eigenvalue weighted by Crippen LogP contribution is -2.59. The molecule has 4 amide bonds. The predicted octanol–water partition coefficient (Wildman–Crippen LogP) is 3.99. The minimum absolute atomic E-state index is 0.0308. The number of nitrogens with two attached hydrogens (primary N) is 1. The van der Waals surface area contributed by atoms with Gasteiger partial charge in [-0.3, -0.25) is 14.4 Å². The Morgan fingerprint density at radius 1 is 0.973 bits per heavy atom. The number of nitrogens with zero attached hydrogens (tertiary/aromatic N) is 1. The van der Waals surface area contributed by atoms with Gasteiger partial charge in [-0.2, -0.15) is 0 Å². The topological polar surface area (TPSA) is 131 Å². The van der Waals surface area contributed by atoms with Crippen LogP contribution in [0.3, 0.4) is 0 Å². The second kappa shape index (κ2) is 13.4. The Morgan fingerprint density at radius 3 is 1.97 bits per heavy atom. The van der Waals surface area contributed by atoms with Crippen LogP contribution in [0.4, 0.5) is 4.79 Å². The molecule has 2 unspecified atom stereocenters. The fourth-order valence-corrected chi connectivity index (χ4v) is 3.82. The number of ether oxygens (including phenoxy) is 1. The first-order chi connectivity index (χ1) is 17.0. The summed E-state index contributed by atoms with van der Waals surface area (Å²) in [7, 11) is 0. The smallest absolute Gasteiger partial charge is 0.408 e. The Labute approximate surface area is 221 Å². The van der Waals surface area contributed by atoms with E-state index in [4.69, 9.17) is 10.5 Å². The zero-order chi connectivity index (χ0) is 28.6. The van der Waals surface area contributed by atoms with Crippen molar-refractivity contribution in [3.05, 3.63) is 35.4 Å². The van der Waals surface area contributed by atoms with E-state index >= 15 is 0 Å². The lowest BCUT2D eigenvalue weighted by molar-refractivity contribution is -0.149. The molecule has 37 heavy (non-hydrogen) atoms. The van der Waals surface area contributed by atoms with Gasteiger partial charge in [0.15, 0.2) is 0 Å². The van der Waals surface area contributed by atoms with E-state index in [0.717, 1.165) is 12.0 Å². The number of benzene rings is 1. The molecular weight excluding hydrogens is 472 g/mol. The van der Waals surface area contributed by atoms with Crippen LogP contribution >= 0.6 is 0 Å². The number of nitrogens with one attached hydrogen (secondary N) is 2. The van der Waals surface area contributed by atoms with E-state index in [2.05, 4.69) is 10.6 Å². The summed E-state index contributed by atoms with van der Waals surface area (Å²) in [5.41, 5.74) is 5.56. The first kappa shape index (κ1) is 31.9. The molecule has 0 saturated heterocycles. The van der Waals surface area contributed by atoms with Crippen LogP contribution in [0.25, 0.3) is 0 Å². The average molecular weight is 519 g/mol. The molecule has 0 aliphatic carbocycles. The largest absolute Gasteiger partial charge is 0.444 e. The van der Waals surface area contributed by atoms with Gasteiger partial charge >= 0.3 is 6.09 Å². The Balaban J connectivity index is 3.64. The minimum Gasteiger partial charge on any atom is -0.444 e. The number of primary amides is 1. The highest BCUT2D eigenvalue weighted by molar-refractivity contribution is 5.93. The number of carbonyl (C=O) groups is 4. The number of hydrogen-bond donors (Lipinski definition) is 3. The molecule has 2 atom stereocenters. The van der Waals surface area contributed by atoms with Crippen LogP contribution in [-0.2, 0) is 25.5 Å². The molecule has 0 bridgehead atoms. The van der Waals surface area contributed by atoms with E-state index in [-0.39, 0.29) is 24.8 Å². The second-order valence-electron chi connectivity index (χ2n) is 11.2. The van der Waals surface area contributed by atoms with Crippen molar-refractivity contribution in [2.75, 3.05) is 0 Å². The van der Waals surface area contributed by atoms with Crippen LogP contribution in [0.2, 0.25) is 0 Å². The fourth-order valence-electron chi connectivity index (χ4n) is 3.82. The molecule has 1 aromatic rings. The molecule has 0 heterocycles. The number of carbonyl (C=O) groups excluding carboxylic acids is 4. The normalized spacial score (nSPS) is 13.5. The highest BCUT2D eigenvalue weighted by Crippen LogP contribution is 2.33. The van der Waals surface area contributed by atoms with Gasteiger partial charge in [0.25, 0.3) is 0 Å². The summed E-state index contributed by atoms with van der Waals surface area (Å²) in [6.45, 7) is 16.6. The Hall–Kier alpha value is -3.10. The first-order valence-electron chi connectivity index (χ1n) is 13.0. The molecular formula is C28H46N4O5. The van der Waals surface area contributed by atoms with Crippen LogP contribution in [0.15, 0.2) is 24.3 Å². The molecule has 9 nitrogen and oxygen atoms in total. The third-order valence-corrected chi connectivity index (χ3v) is 6.06. The summed E-state index contributed by atoms with van der Waals surface area (Å²) in [6.07, 6.45) is 0.422. The Morgan fingerprint density at radius 2 is 1.54 bits per heavy atom. The number of alkyl carbamates (subject to hydrolysis) is 1. The summed E-state index contributed by atoms with van der Waals surface area (Å²) in [4.78, 5) is 53.6. The molecule has 4 N–H and O–H groups in total. The average Bonchev–Trinajstić information content (AvgIpc) is 2.77. The summed E-state index contributed by atoms with van der Waals surface area (Å²) in [5.74, 6) is -1.43. The van der Waals surface area contributed by atoms with Gasteiger partial charge in [-0.05, 0) is 78.9 Å². The van der Waals surface area contributed by atoms with Crippen LogP contribution < -0.4 is 16.4 Å². The molecule has 1 rings (SSSR count). The van der Waals surface area contributed by atoms with Gasteiger partial charge in [0, 0.05) is 18.0 Å². The van der Waals surface area contributed by atoms with Crippen LogP contribution in [0.1, 0.15) is 98.7 Å². The molecule has 1 aromatic carbocycles. The number of hydrogen-bond acceptors (Lipinski definition) is 5. The van der Waals surface area contributed by atoms with E-state index in [0.29, 0.717) is 12.0 Å². The van der Waals surface area contributed by atoms with Crippen molar-refractivity contribution in [3.63, 3.8) is 0 Å². The molecule has 0 aliphatic heterocycles. The molecule has 0 saturated carbocycles. The van der Waals surface area contributed by atoms with Gasteiger partial charge in [0.2, 0.25) is 17.7 Å². The quantitative estimate of drug-likeness (QED) is 0.385. The summed E-state index contributed by atoms with van der Waals surface area (Å²) >= 11 is 0. The monoisotopic (exact) mass is 518 g/mol. The number of aryl methyl sites for hydroxylation is 1. The molecule has 0 fully saturated rings. The van der Waals surface area contributed by atoms with Crippen LogP contribution in [0, 0.1) is 0 Å². The zero-order valence-electron chi connectivity index (χ0n) is 23.9. The van der Waals surface area contributed by atoms with Crippen molar-refractivity contribution < 1.29 is 23.9 Å². The van der Waals surface area contributed by atoms with E-state index in [1.165, 1.54) is 4.90 Å².